The molecule has 50 heavy (non-hydrogen) atoms. The molecule has 7 aromatic rings. The number of allylic oxidation sites excluding steroid dienone is 2. The van der Waals surface area contributed by atoms with E-state index < -0.39 is 0 Å². The zero-order valence-electron chi connectivity index (χ0n) is 28.0. The van der Waals surface area contributed by atoms with Gasteiger partial charge in [0.15, 0.2) is 0 Å². The van der Waals surface area contributed by atoms with Gasteiger partial charge in [-0.1, -0.05) is 152 Å². The quantitative estimate of drug-likeness (QED) is 0.175. The third-order valence-electron chi connectivity index (χ3n) is 9.60. The van der Waals surface area contributed by atoms with Crippen molar-refractivity contribution in [3.05, 3.63) is 210 Å². The summed E-state index contributed by atoms with van der Waals surface area (Å²) in [5.41, 5.74) is 13.8. The molecule has 240 valence electrons. The molecular weight excluding hydrogens is 607 g/mol. The van der Waals surface area contributed by atoms with Crippen LogP contribution >= 0.6 is 0 Å². The Bertz CT molecular complexity index is 2380. The zero-order valence-corrected chi connectivity index (χ0v) is 28.0. The summed E-state index contributed by atoms with van der Waals surface area (Å²) in [6, 6.07) is 61.8. The molecule has 0 saturated carbocycles. The van der Waals surface area contributed by atoms with Gasteiger partial charge in [0.1, 0.15) is 0 Å². The van der Waals surface area contributed by atoms with Gasteiger partial charge in [0, 0.05) is 22.3 Å². The fourth-order valence-corrected chi connectivity index (χ4v) is 6.95. The average Bonchev–Trinajstić information content (AvgIpc) is 3.18. The lowest BCUT2D eigenvalue weighted by molar-refractivity contribution is 0.590. The van der Waals surface area contributed by atoms with Crippen molar-refractivity contribution in [2.24, 2.45) is 5.84 Å². The molecule has 0 fully saturated rings. The van der Waals surface area contributed by atoms with Crippen LogP contribution in [0.3, 0.4) is 0 Å². The number of hydrazine groups is 1. The first-order valence-corrected chi connectivity index (χ1v) is 16.9. The molecule has 0 spiro atoms. The van der Waals surface area contributed by atoms with E-state index in [1.807, 2.05) is 23.2 Å². The van der Waals surface area contributed by atoms with Gasteiger partial charge in [-0.25, -0.2) is 5.84 Å². The van der Waals surface area contributed by atoms with Crippen molar-refractivity contribution in [3.63, 3.8) is 0 Å². The molecular formula is C47H37N3. The first-order valence-electron chi connectivity index (χ1n) is 16.9. The van der Waals surface area contributed by atoms with Crippen LogP contribution in [0, 0.1) is 0 Å². The highest BCUT2D eigenvalue weighted by molar-refractivity contribution is 6.00. The van der Waals surface area contributed by atoms with Gasteiger partial charge in [0.25, 0.3) is 0 Å². The minimum Gasteiger partial charge on any atom is -0.310 e. The Hall–Kier alpha value is -6.42. The Morgan fingerprint density at radius 1 is 0.560 bits per heavy atom. The molecule has 0 unspecified atom stereocenters. The van der Waals surface area contributed by atoms with Crippen molar-refractivity contribution in [1.82, 2.24) is 5.01 Å². The highest BCUT2D eigenvalue weighted by Crippen LogP contribution is 2.42. The minimum absolute atomic E-state index is 0.926. The van der Waals surface area contributed by atoms with Crippen molar-refractivity contribution < 1.29 is 0 Å². The van der Waals surface area contributed by atoms with E-state index >= 15 is 0 Å². The van der Waals surface area contributed by atoms with Crippen LogP contribution in [0.15, 0.2) is 188 Å². The number of fused-ring (bicyclic) bond motifs is 2. The van der Waals surface area contributed by atoms with Gasteiger partial charge in [-0.15, -0.1) is 0 Å². The molecule has 3 nitrogen and oxygen atoms in total. The second kappa shape index (κ2) is 13.2. The maximum Gasteiger partial charge on any atom is 0.0689 e. The summed E-state index contributed by atoms with van der Waals surface area (Å²) in [5.74, 6) is 6.93. The molecule has 2 N–H and O–H groups in total. The van der Waals surface area contributed by atoms with Crippen LogP contribution in [0.1, 0.15) is 29.2 Å². The highest BCUT2D eigenvalue weighted by atomic mass is 15.4. The van der Waals surface area contributed by atoms with Gasteiger partial charge in [-0.05, 0) is 87.7 Å². The fourth-order valence-electron chi connectivity index (χ4n) is 6.95. The van der Waals surface area contributed by atoms with E-state index in [9.17, 15) is 0 Å². The third-order valence-corrected chi connectivity index (χ3v) is 9.60. The van der Waals surface area contributed by atoms with Crippen LogP contribution in [0.4, 0.5) is 17.1 Å². The molecule has 1 aliphatic heterocycles. The molecule has 1 heterocycles. The summed E-state index contributed by atoms with van der Waals surface area (Å²) in [6.45, 7) is 6.72. The minimum atomic E-state index is 0.926. The van der Waals surface area contributed by atoms with Gasteiger partial charge in [0.2, 0.25) is 0 Å². The van der Waals surface area contributed by atoms with Crippen molar-refractivity contribution in [2.75, 3.05) is 4.90 Å². The molecule has 0 saturated heterocycles. The van der Waals surface area contributed by atoms with E-state index in [1.54, 1.807) is 0 Å². The van der Waals surface area contributed by atoms with Gasteiger partial charge >= 0.3 is 0 Å². The second-order valence-electron chi connectivity index (χ2n) is 12.6. The fraction of sp³-hybridized carbons (Fsp3) is 0.0213. The number of nitrogens with zero attached hydrogens (tertiary/aromatic N) is 2. The van der Waals surface area contributed by atoms with Crippen LogP contribution in [-0.4, -0.2) is 5.01 Å². The summed E-state index contributed by atoms with van der Waals surface area (Å²) >= 11 is 0. The topological polar surface area (TPSA) is 32.5 Å². The van der Waals surface area contributed by atoms with Gasteiger partial charge in [0.05, 0.1) is 17.1 Å². The molecule has 1 aliphatic rings. The Labute approximate surface area is 294 Å². The molecule has 0 aromatic heterocycles. The van der Waals surface area contributed by atoms with E-state index in [4.69, 9.17) is 5.84 Å². The molecule has 0 radical (unpaired) electrons. The van der Waals surface area contributed by atoms with Gasteiger partial charge < -0.3 is 4.90 Å². The summed E-state index contributed by atoms with van der Waals surface area (Å²) in [7, 11) is 0. The highest BCUT2D eigenvalue weighted by Gasteiger charge is 2.25. The van der Waals surface area contributed by atoms with Crippen molar-refractivity contribution in [1.29, 1.82) is 0 Å². The van der Waals surface area contributed by atoms with E-state index in [-0.39, 0.29) is 0 Å². The van der Waals surface area contributed by atoms with Gasteiger partial charge in [-0.2, -0.15) is 0 Å². The molecule has 0 bridgehead atoms. The number of rotatable bonds is 7. The lowest BCUT2D eigenvalue weighted by Gasteiger charge is -2.32. The first kappa shape index (κ1) is 30.9. The van der Waals surface area contributed by atoms with E-state index in [0.717, 1.165) is 61.9 Å². The Kier molecular flexibility index (Phi) is 8.18. The predicted octanol–water partition coefficient (Wildman–Crippen LogP) is 12.1. The number of hydrogen-bond acceptors (Lipinski definition) is 3. The van der Waals surface area contributed by atoms with Crippen LogP contribution in [0.2, 0.25) is 0 Å². The maximum atomic E-state index is 6.93. The molecule has 8 rings (SSSR count). The Morgan fingerprint density at radius 3 is 1.84 bits per heavy atom. The number of anilines is 3. The van der Waals surface area contributed by atoms with Crippen LogP contribution in [0.25, 0.3) is 44.9 Å². The number of nitrogens with two attached hydrogens (primary N) is 1. The van der Waals surface area contributed by atoms with Crippen LogP contribution in [0.5, 0.6) is 0 Å². The maximum absolute atomic E-state index is 6.93. The van der Waals surface area contributed by atoms with Crippen molar-refractivity contribution in [2.45, 2.75) is 6.92 Å². The molecule has 3 heteroatoms. The average molecular weight is 644 g/mol. The molecule has 7 aromatic carbocycles. The zero-order chi connectivity index (χ0) is 34.0. The monoisotopic (exact) mass is 643 g/mol. The van der Waals surface area contributed by atoms with Crippen molar-refractivity contribution in [3.8, 4) is 11.1 Å². The molecule has 0 aliphatic carbocycles. The normalized spacial score (nSPS) is 13.4. The van der Waals surface area contributed by atoms with E-state index in [1.165, 1.54) is 21.9 Å². The number of hydrogen-bond donors (Lipinski definition) is 1. The Balaban J connectivity index is 1.18. The smallest absolute Gasteiger partial charge is 0.0689 e. The van der Waals surface area contributed by atoms with E-state index in [2.05, 4.69) is 182 Å². The molecule has 0 atom stereocenters. The summed E-state index contributed by atoms with van der Waals surface area (Å²) in [4.78, 5) is 2.34. The third kappa shape index (κ3) is 5.70. The van der Waals surface area contributed by atoms with Crippen molar-refractivity contribution >= 4 is 50.9 Å². The Morgan fingerprint density at radius 2 is 1.12 bits per heavy atom. The first-order chi connectivity index (χ1) is 24.6. The second-order valence-corrected chi connectivity index (χ2v) is 12.6. The lowest BCUT2D eigenvalue weighted by atomic mass is 9.90. The predicted molar refractivity (Wildman–Crippen MR) is 212 cm³/mol. The summed E-state index contributed by atoms with van der Waals surface area (Å²) < 4.78 is 0. The molecule has 0 amide bonds. The largest absolute Gasteiger partial charge is 0.310 e. The van der Waals surface area contributed by atoms with Crippen LogP contribution < -0.4 is 10.7 Å². The van der Waals surface area contributed by atoms with E-state index in [0.29, 0.717) is 0 Å². The standard InChI is InChI=1S/C47H37N3/c1-33(34(2)47-44-22-12-10-19-40(44)32-46(50(47)48)39-17-7-4-8-18-39)35-24-28-41(29-25-35)49(45-23-13-20-38-16-9-11-21-43(38)45)42-30-26-37(27-31-42)36-14-5-3-6-15-36/h3-32H,1,48H2,2H3/b47-34-. The summed E-state index contributed by atoms with van der Waals surface area (Å²) in [5, 5.41) is 4.21. The van der Waals surface area contributed by atoms with Crippen LogP contribution in [-0.2, 0) is 0 Å². The summed E-state index contributed by atoms with van der Waals surface area (Å²) in [6.07, 6.45) is 2.16. The number of benzene rings is 7. The lowest BCUT2D eigenvalue weighted by Crippen LogP contribution is -2.31. The SMILES string of the molecule is C=C(/C(C)=C1/c2ccccc2C=C(c2ccccc2)N1N)c1ccc(N(c2ccc(-c3ccccc3)cc2)c2cccc3ccccc23)cc1. The van der Waals surface area contributed by atoms with Gasteiger partial charge in [-0.3, -0.25) is 5.01 Å².